The molecule has 1 aliphatic carbocycles. The highest BCUT2D eigenvalue weighted by Crippen LogP contribution is 2.30. The summed E-state index contributed by atoms with van der Waals surface area (Å²) in [7, 11) is -1.35. The fourth-order valence-corrected chi connectivity index (χ4v) is 4.96. The Hall–Kier alpha value is -0.590. The molecule has 1 saturated carbocycles. The first-order chi connectivity index (χ1) is 9.82. The summed E-state index contributed by atoms with van der Waals surface area (Å²) in [6.45, 7) is 2.06. The van der Waals surface area contributed by atoms with Gasteiger partial charge in [-0.15, -0.1) is 0 Å². The maximum atomic E-state index is 11.8. The van der Waals surface area contributed by atoms with Gasteiger partial charge in [-0.1, -0.05) is 12.5 Å². The Balaban J connectivity index is 2.11. The van der Waals surface area contributed by atoms with Crippen molar-refractivity contribution in [1.82, 2.24) is 5.32 Å². The van der Waals surface area contributed by atoms with Crippen molar-refractivity contribution >= 4 is 25.8 Å². The molecule has 0 spiro atoms. The second-order valence-corrected chi connectivity index (χ2v) is 8.81. The Morgan fingerprint density at radius 1 is 1.38 bits per heavy atom. The highest BCUT2D eigenvalue weighted by atomic mass is 79.9. The van der Waals surface area contributed by atoms with Crippen LogP contribution in [0.1, 0.15) is 37.8 Å². The van der Waals surface area contributed by atoms with Crippen molar-refractivity contribution < 1.29 is 13.2 Å². The van der Waals surface area contributed by atoms with E-state index >= 15 is 0 Å². The zero-order chi connectivity index (χ0) is 15.6. The molecule has 0 saturated heterocycles. The van der Waals surface area contributed by atoms with Crippen LogP contribution in [0.2, 0.25) is 0 Å². The van der Waals surface area contributed by atoms with Crippen LogP contribution in [0.5, 0.6) is 5.75 Å². The van der Waals surface area contributed by atoms with Gasteiger partial charge in [0.15, 0.2) is 9.84 Å². The van der Waals surface area contributed by atoms with E-state index in [0.29, 0.717) is 0 Å². The van der Waals surface area contributed by atoms with E-state index in [1.807, 2.05) is 18.2 Å². The van der Waals surface area contributed by atoms with Crippen LogP contribution in [0.3, 0.4) is 0 Å². The van der Waals surface area contributed by atoms with Crippen LogP contribution < -0.4 is 10.1 Å². The molecular formula is C15H22BrNO3S. The molecule has 0 aliphatic heterocycles. The van der Waals surface area contributed by atoms with Crippen LogP contribution in [0.4, 0.5) is 0 Å². The first-order valence-electron chi connectivity index (χ1n) is 7.11. The van der Waals surface area contributed by atoms with Crippen molar-refractivity contribution in [1.29, 1.82) is 0 Å². The maximum Gasteiger partial charge on any atom is 0.151 e. The molecule has 4 nitrogen and oxygen atoms in total. The second kappa shape index (κ2) is 6.67. The van der Waals surface area contributed by atoms with Crippen LogP contribution in [0, 0.1) is 0 Å². The zero-order valence-electron chi connectivity index (χ0n) is 12.6. The topological polar surface area (TPSA) is 55.4 Å². The van der Waals surface area contributed by atoms with Gasteiger partial charge in [-0.2, -0.15) is 0 Å². The smallest absolute Gasteiger partial charge is 0.151 e. The lowest BCUT2D eigenvalue weighted by molar-refractivity contribution is 0.411. The van der Waals surface area contributed by atoms with E-state index in [2.05, 4.69) is 28.2 Å². The van der Waals surface area contributed by atoms with Crippen LogP contribution in [-0.4, -0.2) is 33.1 Å². The summed E-state index contributed by atoms with van der Waals surface area (Å²) in [5, 5.41) is 3.21. The van der Waals surface area contributed by atoms with Crippen molar-refractivity contribution in [2.75, 3.05) is 13.4 Å². The van der Waals surface area contributed by atoms with Crippen LogP contribution in [-0.2, 0) is 9.84 Å². The quantitative estimate of drug-likeness (QED) is 0.858. The number of nitrogens with one attached hydrogen (secondary N) is 1. The minimum atomic E-state index is -2.99. The molecule has 1 fully saturated rings. The number of benzene rings is 1. The monoisotopic (exact) mass is 375 g/mol. The molecule has 2 rings (SSSR count). The molecule has 0 heterocycles. The molecule has 3 unspecified atom stereocenters. The highest BCUT2D eigenvalue weighted by molar-refractivity contribution is 9.10. The minimum absolute atomic E-state index is 0.0378. The van der Waals surface area contributed by atoms with Gasteiger partial charge < -0.3 is 10.1 Å². The molecule has 6 heteroatoms. The molecule has 21 heavy (non-hydrogen) atoms. The van der Waals surface area contributed by atoms with Gasteiger partial charge in [0, 0.05) is 18.3 Å². The lowest BCUT2D eigenvalue weighted by Gasteiger charge is -2.24. The van der Waals surface area contributed by atoms with Gasteiger partial charge in [-0.05, 0) is 53.4 Å². The number of hydrogen-bond acceptors (Lipinski definition) is 4. The summed E-state index contributed by atoms with van der Waals surface area (Å²) in [4.78, 5) is 0. The molecule has 0 bridgehead atoms. The molecule has 0 aromatic heterocycles. The largest absolute Gasteiger partial charge is 0.496 e. The fraction of sp³-hybridized carbons (Fsp3) is 0.600. The van der Waals surface area contributed by atoms with Crippen molar-refractivity contribution in [2.45, 2.75) is 43.5 Å². The number of sulfone groups is 1. The summed E-state index contributed by atoms with van der Waals surface area (Å²) in [6.07, 6.45) is 3.98. The summed E-state index contributed by atoms with van der Waals surface area (Å²) in [6, 6.07) is 6.07. The third-order valence-electron chi connectivity index (χ3n) is 4.14. The van der Waals surface area contributed by atoms with Gasteiger partial charge in [0.25, 0.3) is 0 Å². The van der Waals surface area contributed by atoms with E-state index in [4.69, 9.17) is 4.74 Å². The summed E-state index contributed by atoms with van der Waals surface area (Å²) in [5.41, 5.74) is 1.11. The number of halogens is 1. The van der Waals surface area contributed by atoms with Crippen molar-refractivity contribution in [3.8, 4) is 5.75 Å². The van der Waals surface area contributed by atoms with Crippen LogP contribution in [0.25, 0.3) is 0 Å². The van der Waals surface area contributed by atoms with Gasteiger partial charge >= 0.3 is 0 Å². The third kappa shape index (κ3) is 3.99. The number of methoxy groups -OCH3 is 1. The molecular weight excluding hydrogens is 354 g/mol. The van der Waals surface area contributed by atoms with E-state index in [9.17, 15) is 8.42 Å². The van der Waals surface area contributed by atoms with Crippen LogP contribution in [0.15, 0.2) is 22.7 Å². The van der Waals surface area contributed by atoms with E-state index in [0.717, 1.165) is 35.0 Å². The molecule has 0 radical (unpaired) electrons. The van der Waals surface area contributed by atoms with Gasteiger partial charge in [-0.3, -0.25) is 0 Å². The van der Waals surface area contributed by atoms with E-state index in [-0.39, 0.29) is 17.3 Å². The lowest BCUT2D eigenvalue weighted by atomic mass is 10.1. The average Bonchev–Trinajstić information content (AvgIpc) is 2.86. The zero-order valence-corrected chi connectivity index (χ0v) is 15.0. The average molecular weight is 376 g/mol. The molecule has 1 aromatic carbocycles. The molecule has 3 atom stereocenters. The first-order valence-corrected chi connectivity index (χ1v) is 9.86. The van der Waals surface area contributed by atoms with Crippen molar-refractivity contribution in [3.63, 3.8) is 0 Å². The Morgan fingerprint density at radius 3 is 2.67 bits per heavy atom. The minimum Gasteiger partial charge on any atom is -0.496 e. The summed E-state index contributed by atoms with van der Waals surface area (Å²) < 4.78 is 29.8. The van der Waals surface area contributed by atoms with Gasteiger partial charge in [0.05, 0.1) is 16.8 Å². The van der Waals surface area contributed by atoms with E-state index in [1.54, 1.807) is 7.11 Å². The Kier molecular flexibility index (Phi) is 5.33. The number of hydrogen-bond donors (Lipinski definition) is 1. The Labute approximate surface area is 135 Å². The van der Waals surface area contributed by atoms with Crippen molar-refractivity contribution in [3.05, 3.63) is 28.2 Å². The molecule has 1 aliphatic rings. The number of rotatable bonds is 5. The molecule has 1 N–H and O–H groups in total. The number of ether oxygens (including phenoxy) is 1. The lowest BCUT2D eigenvalue weighted by Crippen LogP contribution is -2.41. The Morgan fingerprint density at radius 2 is 2.10 bits per heavy atom. The normalized spacial score (nSPS) is 24.0. The van der Waals surface area contributed by atoms with E-state index < -0.39 is 9.84 Å². The predicted octanol–water partition coefficient (Wildman–Crippen LogP) is 3.07. The Bertz CT molecular complexity index is 603. The van der Waals surface area contributed by atoms with Gasteiger partial charge in [-0.25, -0.2) is 8.42 Å². The molecule has 118 valence electrons. The van der Waals surface area contributed by atoms with E-state index in [1.165, 1.54) is 6.26 Å². The standard InChI is InChI=1S/C15H22BrNO3S/c1-10(11-7-8-14(20-2)12(16)9-11)17-13-5-4-6-15(13)21(3,18)19/h7-10,13,15,17H,4-6H2,1-3H3. The first kappa shape index (κ1) is 16.8. The van der Waals surface area contributed by atoms with Crippen molar-refractivity contribution in [2.24, 2.45) is 0 Å². The van der Waals surface area contributed by atoms with Gasteiger partial charge in [0.1, 0.15) is 5.75 Å². The molecule has 1 aromatic rings. The molecule has 0 amide bonds. The predicted molar refractivity (Wildman–Crippen MR) is 88.5 cm³/mol. The van der Waals surface area contributed by atoms with Crippen LogP contribution >= 0.6 is 15.9 Å². The second-order valence-electron chi connectivity index (χ2n) is 5.69. The SMILES string of the molecule is COc1ccc(C(C)NC2CCCC2S(C)(=O)=O)cc1Br. The maximum absolute atomic E-state index is 11.8. The van der Waals surface area contributed by atoms with Gasteiger partial charge in [0.2, 0.25) is 0 Å². The third-order valence-corrected chi connectivity index (χ3v) is 6.43. The fourth-order valence-electron chi connectivity index (χ4n) is 3.00. The summed E-state index contributed by atoms with van der Waals surface area (Å²) in [5.74, 6) is 0.792. The summed E-state index contributed by atoms with van der Waals surface area (Å²) >= 11 is 3.48. The highest BCUT2D eigenvalue weighted by Gasteiger charge is 2.35.